The zero-order chi connectivity index (χ0) is 14.6. The highest BCUT2D eigenvalue weighted by molar-refractivity contribution is 7.80. The van der Waals surface area contributed by atoms with Crippen LogP contribution >= 0.6 is 12.2 Å². The van der Waals surface area contributed by atoms with Gasteiger partial charge in [-0.15, -0.1) is 0 Å². The van der Waals surface area contributed by atoms with Crippen LogP contribution in [0, 0.1) is 0 Å². The minimum Gasteiger partial charge on any atom is -0.497 e. The van der Waals surface area contributed by atoms with Gasteiger partial charge in [-0.2, -0.15) is 0 Å². The molecule has 1 atom stereocenters. The van der Waals surface area contributed by atoms with E-state index in [0.717, 1.165) is 11.4 Å². The Morgan fingerprint density at radius 2 is 2.30 bits per heavy atom. The van der Waals surface area contributed by atoms with Gasteiger partial charge in [0.2, 0.25) is 0 Å². The lowest BCUT2D eigenvalue weighted by atomic mass is 10.3. The molecule has 110 valence electrons. The van der Waals surface area contributed by atoms with Crippen LogP contribution in [0.5, 0.6) is 5.75 Å². The summed E-state index contributed by atoms with van der Waals surface area (Å²) >= 11 is 5.25. The van der Waals surface area contributed by atoms with E-state index in [-0.39, 0.29) is 6.10 Å². The fourth-order valence-corrected chi connectivity index (χ4v) is 2.15. The number of anilines is 1. The number of rotatable bonds is 4. The van der Waals surface area contributed by atoms with Crippen LogP contribution in [0.2, 0.25) is 0 Å². The van der Waals surface area contributed by atoms with Crippen molar-refractivity contribution < 1.29 is 14.2 Å². The van der Waals surface area contributed by atoms with E-state index < -0.39 is 5.79 Å². The molecule has 0 bridgehead atoms. The molecule has 1 aromatic carbocycles. The van der Waals surface area contributed by atoms with Crippen LogP contribution in [-0.4, -0.2) is 37.3 Å². The van der Waals surface area contributed by atoms with Gasteiger partial charge in [0.25, 0.3) is 0 Å². The zero-order valence-electron chi connectivity index (χ0n) is 11.9. The van der Waals surface area contributed by atoms with Crippen molar-refractivity contribution >= 4 is 23.0 Å². The Labute approximate surface area is 124 Å². The Morgan fingerprint density at radius 3 is 2.95 bits per heavy atom. The van der Waals surface area contributed by atoms with Crippen molar-refractivity contribution in [3.63, 3.8) is 0 Å². The van der Waals surface area contributed by atoms with Gasteiger partial charge in [0, 0.05) is 18.3 Å². The molecule has 1 saturated heterocycles. The van der Waals surface area contributed by atoms with Crippen molar-refractivity contribution in [1.29, 1.82) is 0 Å². The molecule has 0 spiro atoms. The van der Waals surface area contributed by atoms with Crippen LogP contribution in [0.1, 0.15) is 13.8 Å². The quantitative estimate of drug-likeness (QED) is 0.830. The van der Waals surface area contributed by atoms with E-state index in [2.05, 4.69) is 10.6 Å². The summed E-state index contributed by atoms with van der Waals surface area (Å²) in [5.74, 6) is 0.279. The molecule has 2 N–H and O–H groups in total. The van der Waals surface area contributed by atoms with Crippen LogP contribution in [0.4, 0.5) is 5.69 Å². The minimum atomic E-state index is -0.506. The molecule has 1 heterocycles. The molecule has 6 heteroatoms. The smallest absolute Gasteiger partial charge is 0.170 e. The van der Waals surface area contributed by atoms with E-state index in [1.807, 2.05) is 38.1 Å². The summed E-state index contributed by atoms with van der Waals surface area (Å²) in [7, 11) is 1.63. The highest BCUT2D eigenvalue weighted by Crippen LogP contribution is 2.21. The lowest BCUT2D eigenvalue weighted by Crippen LogP contribution is -2.36. The second kappa shape index (κ2) is 6.39. The van der Waals surface area contributed by atoms with Crippen LogP contribution in [0.25, 0.3) is 0 Å². The van der Waals surface area contributed by atoms with Gasteiger partial charge in [0.15, 0.2) is 10.9 Å². The maximum absolute atomic E-state index is 5.69. The van der Waals surface area contributed by atoms with E-state index in [9.17, 15) is 0 Å². The Hall–Kier alpha value is -1.37. The molecule has 1 aliphatic heterocycles. The molecule has 20 heavy (non-hydrogen) atoms. The standard InChI is InChI=1S/C14H20N2O3S/c1-14(2)18-9-12(19-14)8-15-13(20)16-10-5-4-6-11(7-10)17-3/h4-7,12H,8-9H2,1-3H3,(H2,15,16,20). The average molecular weight is 296 g/mol. The first-order valence-electron chi connectivity index (χ1n) is 6.49. The average Bonchev–Trinajstić information content (AvgIpc) is 2.76. The minimum absolute atomic E-state index is 0.00931. The summed E-state index contributed by atoms with van der Waals surface area (Å²) < 4.78 is 16.3. The van der Waals surface area contributed by atoms with Crippen molar-refractivity contribution in [1.82, 2.24) is 5.32 Å². The lowest BCUT2D eigenvalue weighted by Gasteiger charge is -2.18. The first-order valence-corrected chi connectivity index (χ1v) is 6.90. The van der Waals surface area contributed by atoms with Gasteiger partial charge < -0.3 is 24.8 Å². The second-order valence-electron chi connectivity index (χ2n) is 5.02. The van der Waals surface area contributed by atoms with E-state index in [4.69, 9.17) is 26.4 Å². The van der Waals surface area contributed by atoms with Gasteiger partial charge in [0.1, 0.15) is 11.9 Å². The maximum atomic E-state index is 5.69. The van der Waals surface area contributed by atoms with Crippen molar-refractivity contribution in [3.05, 3.63) is 24.3 Å². The number of thiocarbonyl (C=S) groups is 1. The van der Waals surface area contributed by atoms with Gasteiger partial charge >= 0.3 is 0 Å². The highest BCUT2D eigenvalue weighted by atomic mass is 32.1. The summed E-state index contributed by atoms with van der Waals surface area (Å²) in [6, 6.07) is 7.59. The highest BCUT2D eigenvalue weighted by Gasteiger charge is 2.32. The van der Waals surface area contributed by atoms with Crippen molar-refractivity contribution in [2.75, 3.05) is 25.6 Å². The van der Waals surface area contributed by atoms with Gasteiger partial charge in [0.05, 0.1) is 13.7 Å². The van der Waals surface area contributed by atoms with Crippen molar-refractivity contribution in [3.8, 4) is 5.75 Å². The SMILES string of the molecule is COc1cccc(NC(=S)NCC2COC(C)(C)O2)c1. The van der Waals surface area contributed by atoms with Gasteiger partial charge in [-0.3, -0.25) is 0 Å². The molecule has 2 rings (SSSR count). The van der Waals surface area contributed by atoms with E-state index >= 15 is 0 Å². The zero-order valence-corrected chi connectivity index (χ0v) is 12.8. The Kier molecular flexibility index (Phi) is 4.80. The van der Waals surface area contributed by atoms with Gasteiger partial charge in [-0.05, 0) is 38.2 Å². The summed E-state index contributed by atoms with van der Waals surface area (Å²) in [4.78, 5) is 0. The first-order chi connectivity index (χ1) is 9.48. The number of hydrogen-bond donors (Lipinski definition) is 2. The molecule has 0 saturated carbocycles. The number of ether oxygens (including phenoxy) is 3. The molecular weight excluding hydrogens is 276 g/mol. The van der Waals surface area contributed by atoms with Crippen molar-refractivity contribution in [2.45, 2.75) is 25.7 Å². The van der Waals surface area contributed by atoms with Crippen LogP contribution < -0.4 is 15.4 Å². The molecule has 5 nitrogen and oxygen atoms in total. The molecule has 0 aliphatic carbocycles. The van der Waals surface area contributed by atoms with Crippen LogP contribution in [0.3, 0.4) is 0 Å². The third kappa shape index (κ3) is 4.33. The second-order valence-corrected chi connectivity index (χ2v) is 5.43. The number of hydrogen-bond acceptors (Lipinski definition) is 4. The Morgan fingerprint density at radius 1 is 1.50 bits per heavy atom. The van der Waals surface area contributed by atoms with Gasteiger partial charge in [-0.25, -0.2) is 0 Å². The monoisotopic (exact) mass is 296 g/mol. The predicted octanol–water partition coefficient (Wildman–Crippen LogP) is 2.13. The Bertz CT molecular complexity index is 479. The third-order valence-corrected chi connectivity index (χ3v) is 3.13. The third-order valence-electron chi connectivity index (χ3n) is 2.89. The molecule has 0 radical (unpaired) electrons. The van der Waals surface area contributed by atoms with E-state index in [1.54, 1.807) is 7.11 Å². The molecule has 1 aliphatic rings. The first kappa shape index (κ1) is 15.0. The summed E-state index contributed by atoms with van der Waals surface area (Å²) in [6.45, 7) is 4.99. The van der Waals surface area contributed by atoms with E-state index in [1.165, 1.54) is 0 Å². The van der Waals surface area contributed by atoms with Gasteiger partial charge in [-0.1, -0.05) is 6.07 Å². The molecule has 0 amide bonds. The molecule has 1 unspecified atom stereocenters. The fourth-order valence-electron chi connectivity index (χ4n) is 1.95. The lowest BCUT2D eigenvalue weighted by molar-refractivity contribution is -0.137. The van der Waals surface area contributed by atoms with Crippen molar-refractivity contribution in [2.24, 2.45) is 0 Å². The van der Waals surface area contributed by atoms with E-state index in [0.29, 0.717) is 18.3 Å². The fraction of sp³-hybridized carbons (Fsp3) is 0.500. The van der Waals surface area contributed by atoms with Crippen LogP contribution in [-0.2, 0) is 9.47 Å². The molecule has 1 fully saturated rings. The maximum Gasteiger partial charge on any atom is 0.170 e. The van der Waals surface area contributed by atoms with Crippen LogP contribution in [0.15, 0.2) is 24.3 Å². The largest absolute Gasteiger partial charge is 0.497 e. The topological polar surface area (TPSA) is 51.8 Å². The normalized spacial score (nSPS) is 20.4. The molecule has 0 aromatic heterocycles. The Balaban J connectivity index is 1.78. The summed E-state index contributed by atoms with van der Waals surface area (Å²) in [6.07, 6.45) is 0.00931. The molecule has 1 aromatic rings. The number of benzene rings is 1. The number of methoxy groups -OCH3 is 1. The summed E-state index contributed by atoms with van der Waals surface area (Å²) in [5, 5.41) is 6.78. The predicted molar refractivity (Wildman–Crippen MR) is 82.1 cm³/mol. The summed E-state index contributed by atoms with van der Waals surface area (Å²) in [5.41, 5.74) is 0.880. The number of nitrogens with one attached hydrogen (secondary N) is 2. The molecular formula is C14H20N2O3S.